The van der Waals surface area contributed by atoms with Crippen molar-refractivity contribution in [1.29, 1.82) is 0 Å². The van der Waals surface area contributed by atoms with Gasteiger partial charge in [0.15, 0.2) is 0 Å². The molecule has 2 aliphatic heterocycles. The van der Waals surface area contributed by atoms with Gasteiger partial charge in [0.25, 0.3) is 5.91 Å². The van der Waals surface area contributed by atoms with Crippen LogP contribution in [-0.2, 0) is 9.53 Å². The van der Waals surface area contributed by atoms with Crippen molar-refractivity contribution in [3.63, 3.8) is 0 Å². The molecule has 2 rings (SSSR count). The molecule has 2 aliphatic rings. The Kier molecular flexibility index (Phi) is 6.45. The topological polar surface area (TPSA) is 58.8 Å². The van der Waals surface area contributed by atoms with Crippen LogP contribution in [0.1, 0.15) is 39.5 Å². The number of hydrogen-bond acceptors (Lipinski definition) is 4. The van der Waals surface area contributed by atoms with Crippen molar-refractivity contribution in [3.05, 3.63) is 0 Å². The normalized spacial score (nSPS) is 29.4. The van der Waals surface area contributed by atoms with Gasteiger partial charge in [0.05, 0.1) is 0 Å². The molecule has 2 saturated heterocycles. The highest BCUT2D eigenvalue weighted by molar-refractivity contribution is 5.81. The molecule has 2 heterocycles. The van der Waals surface area contributed by atoms with Crippen molar-refractivity contribution in [2.24, 2.45) is 11.7 Å². The Bertz CT molecular complexity index is 337. The highest BCUT2D eigenvalue weighted by Gasteiger charge is 2.34. The van der Waals surface area contributed by atoms with Gasteiger partial charge in [0.1, 0.15) is 6.10 Å². The van der Waals surface area contributed by atoms with Crippen molar-refractivity contribution in [2.45, 2.75) is 51.7 Å². The van der Waals surface area contributed by atoms with E-state index < -0.39 is 0 Å². The molecular weight excluding hydrogens is 266 g/mol. The lowest BCUT2D eigenvalue weighted by Gasteiger charge is -2.30. The molecule has 0 aromatic rings. The summed E-state index contributed by atoms with van der Waals surface area (Å²) >= 11 is 0. The van der Waals surface area contributed by atoms with Crippen molar-refractivity contribution in [1.82, 2.24) is 9.80 Å². The first-order valence-corrected chi connectivity index (χ1v) is 8.51. The Morgan fingerprint density at radius 3 is 2.76 bits per heavy atom. The summed E-state index contributed by atoms with van der Waals surface area (Å²) in [6.45, 7) is 9.54. The molecule has 3 unspecified atom stereocenters. The van der Waals surface area contributed by atoms with Crippen molar-refractivity contribution in [3.8, 4) is 0 Å². The van der Waals surface area contributed by atoms with Crippen LogP contribution in [-0.4, -0.2) is 67.2 Å². The molecule has 2 fully saturated rings. The van der Waals surface area contributed by atoms with E-state index in [0.29, 0.717) is 12.0 Å². The van der Waals surface area contributed by atoms with Gasteiger partial charge in [-0.25, -0.2) is 0 Å². The van der Waals surface area contributed by atoms with Crippen molar-refractivity contribution in [2.75, 3.05) is 39.3 Å². The predicted octanol–water partition coefficient (Wildman–Crippen LogP) is 1.07. The van der Waals surface area contributed by atoms with E-state index in [-0.39, 0.29) is 12.0 Å². The molecule has 122 valence electrons. The van der Waals surface area contributed by atoms with Gasteiger partial charge in [-0.3, -0.25) is 9.69 Å². The van der Waals surface area contributed by atoms with Crippen molar-refractivity contribution < 1.29 is 9.53 Å². The molecular formula is C16H31N3O2. The molecule has 1 amide bonds. The number of carbonyl (C=O) groups is 1. The maximum atomic E-state index is 12.6. The smallest absolute Gasteiger partial charge is 0.252 e. The van der Waals surface area contributed by atoms with Gasteiger partial charge < -0.3 is 15.4 Å². The highest BCUT2D eigenvalue weighted by Crippen LogP contribution is 2.23. The van der Waals surface area contributed by atoms with Crippen LogP contribution in [0.15, 0.2) is 0 Å². The van der Waals surface area contributed by atoms with Gasteiger partial charge in [-0.05, 0) is 38.1 Å². The van der Waals surface area contributed by atoms with E-state index in [1.54, 1.807) is 0 Å². The lowest BCUT2D eigenvalue weighted by molar-refractivity contribution is -0.142. The number of ether oxygens (including phenoxy) is 1. The van der Waals surface area contributed by atoms with E-state index in [4.69, 9.17) is 10.5 Å². The number of nitrogens with two attached hydrogens (primary N) is 1. The molecule has 3 atom stereocenters. The SMILES string of the molecule is CCC(CCN)N1CCCN(C(=O)C2OCCC2C)CC1. The van der Waals surface area contributed by atoms with E-state index in [9.17, 15) is 4.79 Å². The molecule has 5 nitrogen and oxygen atoms in total. The zero-order chi connectivity index (χ0) is 15.2. The number of hydrogen-bond donors (Lipinski definition) is 1. The molecule has 0 radical (unpaired) electrons. The second-order valence-electron chi connectivity index (χ2n) is 6.41. The Labute approximate surface area is 128 Å². The van der Waals surface area contributed by atoms with E-state index in [1.807, 2.05) is 4.90 Å². The van der Waals surface area contributed by atoms with Gasteiger partial charge >= 0.3 is 0 Å². The predicted molar refractivity (Wildman–Crippen MR) is 84.0 cm³/mol. The minimum Gasteiger partial charge on any atom is -0.368 e. The summed E-state index contributed by atoms with van der Waals surface area (Å²) in [7, 11) is 0. The van der Waals surface area contributed by atoms with E-state index in [1.165, 1.54) is 0 Å². The van der Waals surface area contributed by atoms with Crippen LogP contribution in [0.5, 0.6) is 0 Å². The Hall–Kier alpha value is -0.650. The molecule has 0 bridgehead atoms. The number of amides is 1. The number of nitrogens with zero attached hydrogens (tertiary/aromatic N) is 2. The maximum Gasteiger partial charge on any atom is 0.252 e. The Balaban J connectivity index is 1.89. The van der Waals surface area contributed by atoms with Crippen LogP contribution in [0.25, 0.3) is 0 Å². The third-order valence-corrected chi connectivity index (χ3v) is 4.96. The molecule has 0 aromatic heterocycles. The zero-order valence-electron chi connectivity index (χ0n) is 13.6. The standard InChI is InChI=1S/C16H31N3O2/c1-3-14(5-7-17)18-8-4-9-19(11-10-18)16(20)15-13(2)6-12-21-15/h13-15H,3-12,17H2,1-2H3. The molecule has 5 heteroatoms. The monoisotopic (exact) mass is 297 g/mol. The first-order valence-electron chi connectivity index (χ1n) is 8.51. The fraction of sp³-hybridized carbons (Fsp3) is 0.938. The zero-order valence-corrected chi connectivity index (χ0v) is 13.6. The summed E-state index contributed by atoms with van der Waals surface area (Å²) in [6.07, 6.45) is 4.03. The second kappa shape index (κ2) is 8.11. The second-order valence-corrected chi connectivity index (χ2v) is 6.41. The van der Waals surface area contributed by atoms with Crippen LogP contribution in [0.3, 0.4) is 0 Å². The first kappa shape index (κ1) is 16.7. The number of rotatable bonds is 5. The summed E-state index contributed by atoms with van der Waals surface area (Å²) in [6, 6.07) is 0.562. The largest absolute Gasteiger partial charge is 0.368 e. The van der Waals surface area contributed by atoms with Gasteiger partial charge in [0, 0.05) is 38.8 Å². The van der Waals surface area contributed by atoms with Crippen LogP contribution < -0.4 is 5.73 Å². The van der Waals surface area contributed by atoms with Crippen molar-refractivity contribution >= 4 is 5.91 Å². The molecule has 0 spiro atoms. The van der Waals surface area contributed by atoms with Gasteiger partial charge in [0.2, 0.25) is 0 Å². The molecule has 0 aromatic carbocycles. The van der Waals surface area contributed by atoms with Crippen LogP contribution in [0.2, 0.25) is 0 Å². The van der Waals surface area contributed by atoms with Crippen LogP contribution >= 0.6 is 0 Å². The quantitative estimate of drug-likeness (QED) is 0.825. The highest BCUT2D eigenvalue weighted by atomic mass is 16.5. The van der Waals surface area contributed by atoms with Crippen LogP contribution in [0, 0.1) is 5.92 Å². The average Bonchev–Trinajstić information content (AvgIpc) is 2.76. The minimum atomic E-state index is -0.206. The Morgan fingerprint density at radius 1 is 1.33 bits per heavy atom. The Morgan fingerprint density at radius 2 is 2.14 bits per heavy atom. The summed E-state index contributed by atoms with van der Waals surface area (Å²) in [5, 5.41) is 0. The molecule has 0 aliphatic carbocycles. The summed E-state index contributed by atoms with van der Waals surface area (Å²) in [4.78, 5) is 17.1. The lowest BCUT2D eigenvalue weighted by Crippen LogP contribution is -2.44. The fourth-order valence-electron chi connectivity index (χ4n) is 3.55. The van der Waals surface area contributed by atoms with Crippen LogP contribution in [0.4, 0.5) is 0 Å². The lowest BCUT2D eigenvalue weighted by atomic mass is 10.0. The minimum absolute atomic E-state index is 0.203. The first-order chi connectivity index (χ1) is 10.2. The fourth-order valence-corrected chi connectivity index (χ4v) is 3.55. The average molecular weight is 297 g/mol. The summed E-state index contributed by atoms with van der Waals surface area (Å²) in [5.74, 6) is 0.561. The maximum absolute atomic E-state index is 12.6. The van der Waals surface area contributed by atoms with E-state index >= 15 is 0 Å². The van der Waals surface area contributed by atoms with E-state index in [2.05, 4.69) is 18.7 Å². The van der Waals surface area contributed by atoms with Gasteiger partial charge in [-0.15, -0.1) is 0 Å². The third-order valence-electron chi connectivity index (χ3n) is 4.96. The number of carbonyl (C=O) groups excluding carboxylic acids is 1. The van der Waals surface area contributed by atoms with Gasteiger partial charge in [-0.2, -0.15) is 0 Å². The molecule has 21 heavy (non-hydrogen) atoms. The summed E-state index contributed by atoms with van der Waals surface area (Å²) in [5.41, 5.74) is 5.72. The molecule has 0 saturated carbocycles. The molecule has 2 N–H and O–H groups in total. The third kappa shape index (κ3) is 4.18. The van der Waals surface area contributed by atoms with Gasteiger partial charge in [-0.1, -0.05) is 13.8 Å². The van der Waals surface area contributed by atoms with E-state index in [0.717, 1.165) is 65.0 Å². The summed E-state index contributed by atoms with van der Waals surface area (Å²) < 4.78 is 5.63.